The summed E-state index contributed by atoms with van der Waals surface area (Å²) in [6.07, 6.45) is 0. The molecule has 0 aliphatic rings. The third-order valence-electron chi connectivity index (χ3n) is 4.50. The van der Waals surface area contributed by atoms with Gasteiger partial charge in [-0.1, -0.05) is 29.5 Å². The molecule has 2 aromatic carbocycles. The lowest BCUT2D eigenvalue weighted by molar-refractivity contribution is -0.113. The number of hydrogen-bond donors (Lipinski definition) is 1. The van der Waals surface area contributed by atoms with E-state index in [1.165, 1.54) is 17.3 Å². The van der Waals surface area contributed by atoms with Crippen molar-refractivity contribution in [1.82, 2.24) is 14.8 Å². The topological polar surface area (TPSA) is 78.3 Å². The molecule has 1 amide bonds. The van der Waals surface area contributed by atoms with Crippen LogP contribution in [0.5, 0.6) is 11.5 Å². The lowest BCUT2D eigenvalue weighted by Crippen LogP contribution is -2.15. The Morgan fingerprint density at radius 3 is 2.57 bits per heavy atom. The van der Waals surface area contributed by atoms with Crippen molar-refractivity contribution in [3.63, 3.8) is 0 Å². The van der Waals surface area contributed by atoms with Gasteiger partial charge in [0.15, 0.2) is 11.0 Å². The maximum Gasteiger partial charge on any atom is 0.234 e. The first-order valence-electron chi connectivity index (χ1n) is 9.69. The monoisotopic (exact) mass is 426 g/mol. The standard InChI is InChI=1S/C22H26N4O3S/c1-5-26-20(13-29-19-11-6-15(2)12-16(19)3)24-25-22(26)30-14-21(27)23-17-7-9-18(28-4)10-8-17/h6-12H,5,13-14H2,1-4H3,(H,23,27). The molecular weight excluding hydrogens is 400 g/mol. The highest BCUT2D eigenvalue weighted by atomic mass is 32.2. The maximum atomic E-state index is 12.3. The fraction of sp³-hybridized carbons (Fsp3) is 0.318. The molecule has 0 fully saturated rings. The van der Waals surface area contributed by atoms with E-state index in [9.17, 15) is 4.79 Å². The molecule has 8 heteroatoms. The van der Waals surface area contributed by atoms with E-state index in [0.29, 0.717) is 18.3 Å². The van der Waals surface area contributed by atoms with Gasteiger partial charge in [-0.25, -0.2) is 0 Å². The number of amides is 1. The summed E-state index contributed by atoms with van der Waals surface area (Å²) in [5, 5.41) is 12.1. The van der Waals surface area contributed by atoms with Crippen LogP contribution in [0, 0.1) is 13.8 Å². The molecule has 30 heavy (non-hydrogen) atoms. The van der Waals surface area contributed by atoms with Gasteiger partial charge in [0.1, 0.15) is 18.1 Å². The number of ether oxygens (including phenoxy) is 2. The van der Waals surface area contributed by atoms with Crippen LogP contribution in [0.3, 0.4) is 0 Å². The van der Waals surface area contributed by atoms with Crippen molar-refractivity contribution in [3.8, 4) is 11.5 Å². The fourth-order valence-electron chi connectivity index (χ4n) is 2.96. The molecule has 158 valence electrons. The van der Waals surface area contributed by atoms with E-state index in [4.69, 9.17) is 9.47 Å². The molecule has 7 nitrogen and oxygen atoms in total. The summed E-state index contributed by atoms with van der Waals surface area (Å²) in [5.41, 5.74) is 3.01. The molecular formula is C22H26N4O3S. The normalized spacial score (nSPS) is 10.7. The highest BCUT2D eigenvalue weighted by Crippen LogP contribution is 2.22. The molecule has 0 bridgehead atoms. The van der Waals surface area contributed by atoms with E-state index < -0.39 is 0 Å². The van der Waals surface area contributed by atoms with Crippen LogP contribution in [-0.4, -0.2) is 33.5 Å². The number of carbonyl (C=O) groups is 1. The molecule has 0 aliphatic carbocycles. The molecule has 1 aromatic heterocycles. The Hall–Kier alpha value is -3.00. The van der Waals surface area contributed by atoms with Crippen LogP contribution in [-0.2, 0) is 17.9 Å². The van der Waals surface area contributed by atoms with Crippen molar-refractivity contribution < 1.29 is 14.3 Å². The van der Waals surface area contributed by atoms with Gasteiger partial charge in [-0.05, 0) is 56.7 Å². The van der Waals surface area contributed by atoms with E-state index in [0.717, 1.165) is 28.6 Å². The van der Waals surface area contributed by atoms with Gasteiger partial charge in [-0.3, -0.25) is 4.79 Å². The van der Waals surface area contributed by atoms with Crippen molar-refractivity contribution in [2.24, 2.45) is 0 Å². The minimum absolute atomic E-state index is 0.107. The average Bonchev–Trinajstić information content (AvgIpc) is 3.14. The second-order valence-corrected chi connectivity index (χ2v) is 7.71. The SMILES string of the molecule is CCn1c(COc2ccc(C)cc2C)nnc1SCC(=O)Nc1ccc(OC)cc1. The highest BCUT2D eigenvalue weighted by molar-refractivity contribution is 7.99. The number of aromatic nitrogens is 3. The van der Waals surface area contributed by atoms with Crippen molar-refractivity contribution >= 4 is 23.4 Å². The molecule has 0 radical (unpaired) electrons. The van der Waals surface area contributed by atoms with Gasteiger partial charge in [-0.15, -0.1) is 10.2 Å². The number of nitrogens with one attached hydrogen (secondary N) is 1. The number of thioether (sulfide) groups is 1. The quantitative estimate of drug-likeness (QED) is 0.516. The zero-order valence-electron chi connectivity index (χ0n) is 17.6. The van der Waals surface area contributed by atoms with Crippen molar-refractivity contribution in [2.45, 2.75) is 39.1 Å². The number of carbonyl (C=O) groups excluding carboxylic acids is 1. The molecule has 0 saturated heterocycles. The summed E-state index contributed by atoms with van der Waals surface area (Å²) in [7, 11) is 1.61. The highest BCUT2D eigenvalue weighted by Gasteiger charge is 2.14. The van der Waals surface area contributed by atoms with Crippen LogP contribution in [0.1, 0.15) is 23.9 Å². The lowest BCUT2D eigenvalue weighted by Gasteiger charge is -2.11. The molecule has 1 heterocycles. The number of rotatable bonds is 9. The van der Waals surface area contributed by atoms with Crippen LogP contribution in [0.4, 0.5) is 5.69 Å². The molecule has 3 rings (SSSR count). The number of nitrogens with zero attached hydrogens (tertiary/aromatic N) is 3. The smallest absolute Gasteiger partial charge is 0.234 e. The largest absolute Gasteiger partial charge is 0.497 e. The summed E-state index contributed by atoms with van der Waals surface area (Å²) in [6, 6.07) is 13.3. The first-order valence-corrected chi connectivity index (χ1v) is 10.7. The van der Waals surface area contributed by atoms with Gasteiger partial charge in [0, 0.05) is 12.2 Å². The van der Waals surface area contributed by atoms with Crippen LogP contribution in [0.15, 0.2) is 47.6 Å². The average molecular weight is 427 g/mol. The van der Waals surface area contributed by atoms with Crippen LogP contribution in [0.2, 0.25) is 0 Å². The summed E-state index contributed by atoms with van der Waals surface area (Å²) < 4.78 is 13.0. The molecule has 0 spiro atoms. The molecule has 0 aliphatic heterocycles. The zero-order chi connectivity index (χ0) is 21.5. The van der Waals surface area contributed by atoms with Crippen molar-refractivity contribution in [2.75, 3.05) is 18.2 Å². The van der Waals surface area contributed by atoms with Gasteiger partial charge in [0.2, 0.25) is 5.91 Å². The van der Waals surface area contributed by atoms with Gasteiger partial charge >= 0.3 is 0 Å². The number of anilines is 1. The summed E-state index contributed by atoms with van der Waals surface area (Å²) in [4.78, 5) is 12.3. The summed E-state index contributed by atoms with van der Waals surface area (Å²) >= 11 is 1.35. The second-order valence-electron chi connectivity index (χ2n) is 6.77. The number of hydrogen-bond acceptors (Lipinski definition) is 6. The zero-order valence-corrected chi connectivity index (χ0v) is 18.5. The fourth-order valence-corrected chi connectivity index (χ4v) is 3.78. The van der Waals surface area contributed by atoms with Crippen LogP contribution in [0.25, 0.3) is 0 Å². The minimum atomic E-state index is -0.107. The van der Waals surface area contributed by atoms with Crippen LogP contribution >= 0.6 is 11.8 Å². The van der Waals surface area contributed by atoms with Crippen molar-refractivity contribution in [1.29, 1.82) is 0 Å². The Morgan fingerprint density at radius 1 is 1.13 bits per heavy atom. The van der Waals surface area contributed by atoms with Gasteiger partial charge in [-0.2, -0.15) is 0 Å². The predicted octanol–water partition coefficient (Wildman–Crippen LogP) is 4.23. The molecule has 3 aromatic rings. The first-order chi connectivity index (χ1) is 14.5. The number of methoxy groups -OCH3 is 1. The Kier molecular flexibility index (Phi) is 7.35. The van der Waals surface area contributed by atoms with Gasteiger partial charge in [0.05, 0.1) is 12.9 Å². The Labute approximate surface area is 180 Å². The Morgan fingerprint density at radius 2 is 1.90 bits per heavy atom. The molecule has 1 N–H and O–H groups in total. The molecule has 0 saturated carbocycles. The third kappa shape index (κ3) is 5.54. The summed E-state index contributed by atoms with van der Waals surface area (Å²) in [5.74, 6) is 2.44. The van der Waals surface area contributed by atoms with E-state index in [-0.39, 0.29) is 11.7 Å². The summed E-state index contributed by atoms with van der Waals surface area (Å²) in [6.45, 7) is 7.12. The first kappa shape index (κ1) is 21.7. The predicted molar refractivity (Wildman–Crippen MR) is 118 cm³/mol. The van der Waals surface area contributed by atoms with E-state index in [2.05, 4.69) is 28.5 Å². The lowest BCUT2D eigenvalue weighted by atomic mass is 10.1. The van der Waals surface area contributed by atoms with Crippen molar-refractivity contribution in [3.05, 3.63) is 59.4 Å². The maximum absolute atomic E-state index is 12.3. The molecule has 0 atom stereocenters. The second kappa shape index (κ2) is 10.2. The minimum Gasteiger partial charge on any atom is -0.497 e. The Bertz CT molecular complexity index is 1000. The van der Waals surface area contributed by atoms with E-state index in [1.54, 1.807) is 31.4 Å². The van der Waals surface area contributed by atoms with Gasteiger partial charge < -0.3 is 19.4 Å². The number of benzene rings is 2. The van der Waals surface area contributed by atoms with E-state index >= 15 is 0 Å². The van der Waals surface area contributed by atoms with E-state index in [1.807, 2.05) is 30.5 Å². The van der Waals surface area contributed by atoms with Crippen LogP contribution < -0.4 is 14.8 Å². The molecule has 0 unspecified atom stereocenters. The van der Waals surface area contributed by atoms with Gasteiger partial charge in [0.25, 0.3) is 0 Å². The Balaban J connectivity index is 1.57. The number of aryl methyl sites for hydroxylation is 2. The third-order valence-corrected chi connectivity index (χ3v) is 5.47.